The Morgan fingerprint density at radius 2 is 2.14 bits per heavy atom. The average molecular weight is 302 g/mol. The third-order valence-corrected chi connectivity index (χ3v) is 5.99. The molecule has 1 atom stereocenters. The molecule has 2 saturated carbocycles. The normalized spacial score (nSPS) is 27.6. The van der Waals surface area contributed by atoms with Gasteiger partial charge in [-0.05, 0) is 76.1 Å². The van der Waals surface area contributed by atoms with Gasteiger partial charge in [0.1, 0.15) is 11.5 Å². The summed E-state index contributed by atoms with van der Waals surface area (Å²) in [6.45, 7) is 5.08. The monoisotopic (exact) mass is 302 g/mol. The van der Waals surface area contributed by atoms with Crippen molar-refractivity contribution >= 4 is 5.91 Å². The summed E-state index contributed by atoms with van der Waals surface area (Å²) in [6, 6.07) is 4.58. The lowest BCUT2D eigenvalue weighted by Crippen LogP contribution is -2.42. The molecule has 0 radical (unpaired) electrons. The van der Waals surface area contributed by atoms with Gasteiger partial charge in [0.2, 0.25) is 5.91 Å². The minimum atomic E-state index is 0.293. The van der Waals surface area contributed by atoms with Crippen LogP contribution < -0.4 is 5.32 Å². The van der Waals surface area contributed by atoms with E-state index in [0.717, 1.165) is 50.4 Å². The second kappa shape index (κ2) is 5.41. The van der Waals surface area contributed by atoms with E-state index in [1.54, 1.807) is 0 Å². The Bertz CT molecular complexity index is 553. The van der Waals surface area contributed by atoms with Crippen LogP contribution in [0, 0.1) is 18.3 Å². The molecule has 2 heterocycles. The van der Waals surface area contributed by atoms with Gasteiger partial charge in [0, 0.05) is 12.0 Å². The van der Waals surface area contributed by atoms with Gasteiger partial charge in [0.05, 0.1) is 6.54 Å². The van der Waals surface area contributed by atoms with Crippen LogP contribution >= 0.6 is 0 Å². The predicted octanol–water partition coefficient (Wildman–Crippen LogP) is 2.86. The zero-order valence-electron chi connectivity index (χ0n) is 13.4. The van der Waals surface area contributed by atoms with Crippen molar-refractivity contribution in [2.45, 2.75) is 58.0 Å². The van der Waals surface area contributed by atoms with Gasteiger partial charge in [0.25, 0.3) is 0 Å². The van der Waals surface area contributed by atoms with Crippen LogP contribution in [-0.4, -0.2) is 29.9 Å². The van der Waals surface area contributed by atoms with Gasteiger partial charge < -0.3 is 9.73 Å². The van der Waals surface area contributed by atoms with E-state index in [1.807, 2.05) is 13.0 Å². The third-order valence-electron chi connectivity index (χ3n) is 5.99. The summed E-state index contributed by atoms with van der Waals surface area (Å²) in [4.78, 5) is 14.8. The number of carbonyl (C=O) groups is 1. The summed E-state index contributed by atoms with van der Waals surface area (Å²) < 4.78 is 5.67. The highest BCUT2D eigenvalue weighted by Crippen LogP contribution is 2.59. The van der Waals surface area contributed by atoms with E-state index in [9.17, 15) is 4.79 Å². The molecule has 3 fully saturated rings. The summed E-state index contributed by atoms with van der Waals surface area (Å²) in [7, 11) is 0. The van der Waals surface area contributed by atoms with E-state index < -0.39 is 0 Å². The standard InChI is InChI=1S/C18H26N2O2/c1-13-5-6-15(22-13)12-20-9-7-18(8-10-20)11-16(18)17(21)19-14-3-2-4-14/h5-6,14,16H,2-4,7-12H2,1H3,(H,19,21). The predicted molar refractivity (Wildman–Crippen MR) is 84.3 cm³/mol. The van der Waals surface area contributed by atoms with Gasteiger partial charge in [-0.3, -0.25) is 9.69 Å². The molecule has 4 heteroatoms. The van der Waals surface area contributed by atoms with Crippen molar-refractivity contribution in [3.8, 4) is 0 Å². The van der Waals surface area contributed by atoms with E-state index in [1.165, 1.54) is 19.3 Å². The van der Waals surface area contributed by atoms with Gasteiger partial charge in [-0.1, -0.05) is 0 Å². The molecule has 1 saturated heterocycles. The van der Waals surface area contributed by atoms with Crippen LogP contribution in [0.25, 0.3) is 0 Å². The van der Waals surface area contributed by atoms with Crippen molar-refractivity contribution < 1.29 is 9.21 Å². The molecule has 1 aromatic rings. The molecule has 1 N–H and O–H groups in total. The first-order valence-electron chi connectivity index (χ1n) is 8.73. The zero-order valence-corrected chi connectivity index (χ0v) is 13.4. The van der Waals surface area contributed by atoms with Crippen LogP contribution in [0.1, 0.15) is 50.0 Å². The molecule has 3 aliphatic rings. The maximum absolute atomic E-state index is 12.3. The van der Waals surface area contributed by atoms with Gasteiger partial charge in [-0.25, -0.2) is 0 Å². The first-order valence-corrected chi connectivity index (χ1v) is 8.73. The molecule has 4 nitrogen and oxygen atoms in total. The van der Waals surface area contributed by atoms with E-state index >= 15 is 0 Å². The van der Waals surface area contributed by atoms with E-state index in [-0.39, 0.29) is 0 Å². The maximum Gasteiger partial charge on any atom is 0.223 e. The number of furan rings is 1. The number of likely N-dealkylation sites (tertiary alicyclic amines) is 1. The van der Waals surface area contributed by atoms with E-state index in [2.05, 4.69) is 16.3 Å². The molecule has 1 aromatic heterocycles. The number of carbonyl (C=O) groups excluding carboxylic acids is 1. The maximum atomic E-state index is 12.3. The van der Waals surface area contributed by atoms with E-state index in [0.29, 0.717) is 23.3 Å². The van der Waals surface area contributed by atoms with Gasteiger partial charge in [0.15, 0.2) is 0 Å². The lowest BCUT2D eigenvalue weighted by atomic mass is 9.89. The fourth-order valence-electron chi connectivity index (χ4n) is 4.07. The first-order chi connectivity index (χ1) is 10.6. The number of nitrogens with zero attached hydrogens (tertiary/aromatic N) is 1. The SMILES string of the molecule is Cc1ccc(CN2CCC3(CC2)CC3C(=O)NC2CCC2)o1. The zero-order chi connectivity index (χ0) is 15.2. The second-order valence-corrected chi connectivity index (χ2v) is 7.54. The molecule has 4 rings (SSSR count). The topological polar surface area (TPSA) is 45.5 Å². The van der Waals surface area contributed by atoms with Crippen LogP contribution in [-0.2, 0) is 11.3 Å². The smallest absolute Gasteiger partial charge is 0.223 e. The van der Waals surface area contributed by atoms with E-state index in [4.69, 9.17) is 4.42 Å². The van der Waals surface area contributed by atoms with Crippen LogP contribution in [0.4, 0.5) is 0 Å². The highest BCUT2D eigenvalue weighted by atomic mass is 16.3. The molecule has 120 valence electrons. The molecule has 0 aromatic carbocycles. The quantitative estimate of drug-likeness (QED) is 0.930. The molecule has 2 aliphatic carbocycles. The lowest BCUT2D eigenvalue weighted by Gasteiger charge is -2.32. The van der Waals surface area contributed by atoms with Crippen molar-refractivity contribution in [3.63, 3.8) is 0 Å². The Morgan fingerprint density at radius 3 is 2.73 bits per heavy atom. The fourth-order valence-corrected chi connectivity index (χ4v) is 4.07. The number of amides is 1. The molecular weight excluding hydrogens is 276 g/mol. The lowest BCUT2D eigenvalue weighted by molar-refractivity contribution is -0.124. The van der Waals surface area contributed by atoms with Crippen LogP contribution in [0.3, 0.4) is 0 Å². The van der Waals surface area contributed by atoms with Crippen molar-refractivity contribution in [2.75, 3.05) is 13.1 Å². The van der Waals surface area contributed by atoms with Crippen molar-refractivity contribution in [3.05, 3.63) is 23.7 Å². The molecule has 0 bridgehead atoms. The third kappa shape index (κ3) is 2.69. The summed E-state index contributed by atoms with van der Waals surface area (Å²) in [6.07, 6.45) is 7.08. The summed E-state index contributed by atoms with van der Waals surface area (Å²) in [5.74, 6) is 2.67. The number of nitrogens with one attached hydrogen (secondary N) is 1. The van der Waals surface area contributed by atoms with Crippen LogP contribution in [0.2, 0.25) is 0 Å². The van der Waals surface area contributed by atoms with Crippen molar-refractivity contribution in [1.29, 1.82) is 0 Å². The first kappa shape index (κ1) is 14.3. The summed E-state index contributed by atoms with van der Waals surface area (Å²) in [5.41, 5.74) is 0.323. The number of rotatable bonds is 4. The Kier molecular flexibility index (Phi) is 3.52. The molecule has 22 heavy (non-hydrogen) atoms. The van der Waals surface area contributed by atoms with Gasteiger partial charge in [-0.2, -0.15) is 0 Å². The molecule has 1 amide bonds. The highest BCUT2D eigenvalue weighted by Gasteiger charge is 2.58. The Balaban J connectivity index is 1.26. The number of piperidine rings is 1. The Hall–Kier alpha value is -1.29. The largest absolute Gasteiger partial charge is 0.465 e. The average Bonchev–Trinajstić information content (AvgIpc) is 3.02. The fraction of sp³-hybridized carbons (Fsp3) is 0.722. The minimum Gasteiger partial charge on any atom is -0.465 e. The van der Waals surface area contributed by atoms with Gasteiger partial charge >= 0.3 is 0 Å². The number of aryl methyl sites for hydroxylation is 1. The minimum absolute atomic E-state index is 0.293. The summed E-state index contributed by atoms with van der Waals surface area (Å²) in [5, 5.41) is 3.24. The van der Waals surface area contributed by atoms with Crippen molar-refractivity contribution in [2.24, 2.45) is 11.3 Å². The molecule has 1 aliphatic heterocycles. The highest BCUT2D eigenvalue weighted by molar-refractivity contribution is 5.83. The van der Waals surface area contributed by atoms with Crippen LogP contribution in [0.5, 0.6) is 0 Å². The molecule has 1 spiro atoms. The summed E-state index contributed by atoms with van der Waals surface area (Å²) >= 11 is 0. The Morgan fingerprint density at radius 1 is 1.36 bits per heavy atom. The number of hydrogen-bond donors (Lipinski definition) is 1. The second-order valence-electron chi connectivity index (χ2n) is 7.54. The number of hydrogen-bond acceptors (Lipinski definition) is 3. The molecular formula is C18H26N2O2. The van der Waals surface area contributed by atoms with Crippen LogP contribution in [0.15, 0.2) is 16.5 Å². The van der Waals surface area contributed by atoms with Gasteiger partial charge in [-0.15, -0.1) is 0 Å². The van der Waals surface area contributed by atoms with Crippen molar-refractivity contribution in [1.82, 2.24) is 10.2 Å². The molecule has 1 unspecified atom stereocenters. The Labute approximate surface area is 132 Å².